The number of nitrogens with zero attached hydrogens (tertiary/aromatic N) is 3. The van der Waals surface area contributed by atoms with E-state index in [1.165, 1.54) is 22.7 Å². The molecule has 1 heterocycles. The van der Waals surface area contributed by atoms with E-state index in [0.717, 1.165) is 33.3 Å². The molecule has 3 aromatic rings. The first-order valence-corrected chi connectivity index (χ1v) is 11.1. The van der Waals surface area contributed by atoms with Gasteiger partial charge in [-0.25, -0.2) is 9.10 Å². The molecule has 1 aromatic heterocycles. The summed E-state index contributed by atoms with van der Waals surface area (Å²) in [7, 11) is 1.58. The van der Waals surface area contributed by atoms with Gasteiger partial charge in [-0.1, -0.05) is 23.4 Å². The monoisotopic (exact) mass is 512 g/mol. The number of hydrogen-bond acceptors (Lipinski definition) is 5. The zero-order valence-electron chi connectivity index (χ0n) is 16.9. The van der Waals surface area contributed by atoms with Crippen LogP contribution in [0, 0.1) is 0 Å². The van der Waals surface area contributed by atoms with Crippen molar-refractivity contribution in [3.63, 3.8) is 0 Å². The van der Waals surface area contributed by atoms with Crippen molar-refractivity contribution in [3.8, 4) is 0 Å². The van der Waals surface area contributed by atoms with Crippen molar-refractivity contribution >= 4 is 59.1 Å². The van der Waals surface area contributed by atoms with Gasteiger partial charge in [0.05, 0.1) is 16.3 Å². The molecule has 0 aliphatic carbocycles. The van der Waals surface area contributed by atoms with E-state index in [-0.39, 0.29) is 5.69 Å². The highest BCUT2D eigenvalue weighted by molar-refractivity contribution is 8.03. The molecular weight excluding hydrogens is 497 g/mol. The molecule has 0 aliphatic heterocycles. The Labute approximate surface area is 201 Å². The number of hydrogen-bond donors (Lipinski definition) is 1. The molecule has 0 fully saturated rings. The Morgan fingerprint density at radius 2 is 1.73 bits per heavy atom. The summed E-state index contributed by atoms with van der Waals surface area (Å²) >= 11 is 7.88. The summed E-state index contributed by atoms with van der Waals surface area (Å²) in [5.74, 6) is 0. The number of urea groups is 1. The van der Waals surface area contributed by atoms with Gasteiger partial charge in [0.25, 0.3) is 0 Å². The highest BCUT2D eigenvalue weighted by Gasteiger charge is 2.34. The summed E-state index contributed by atoms with van der Waals surface area (Å²) in [5.41, 5.74) is 4.92. The number of alkyl halides is 3. The van der Waals surface area contributed by atoms with Gasteiger partial charge in [0.1, 0.15) is 0 Å². The number of halogens is 4. The summed E-state index contributed by atoms with van der Waals surface area (Å²) in [6, 6.07) is 10.7. The molecule has 2 N–H and O–H groups in total. The van der Waals surface area contributed by atoms with Crippen molar-refractivity contribution in [2.45, 2.75) is 20.9 Å². The van der Waals surface area contributed by atoms with Crippen LogP contribution in [0.1, 0.15) is 5.56 Å². The quantitative estimate of drug-likeness (QED) is 0.306. The lowest BCUT2D eigenvalue weighted by Gasteiger charge is -2.22. The molecule has 172 valence electrons. The molecular formula is C21H16ClF3N4O2S2. The minimum Gasteiger partial charge on any atom is -0.350 e. The van der Waals surface area contributed by atoms with Gasteiger partial charge < -0.3 is 10.6 Å². The third-order valence-electron chi connectivity index (χ3n) is 4.25. The SMILES string of the molecule is CN(C=O)c1ccc(SN(C(N)=O)c2ccc(Cl)c(C(F)(F)F)c2)c(Sc2ccncc2)c1. The Hall–Kier alpha value is -2.89. The number of amides is 3. The van der Waals surface area contributed by atoms with Crippen LogP contribution in [0.5, 0.6) is 0 Å². The van der Waals surface area contributed by atoms with Crippen LogP contribution >= 0.6 is 35.3 Å². The maximum absolute atomic E-state index is 13.3. The van der Waals surface area contributed by atoms with Gasteiger partial charge in [-0.3, -0.25) is 9.78 Å². The van der Waals surface area contributed by atoms with E-state index >= 15 is 0 Å². The third-order valence-corrected chi connectivity index (χ3v) is 6.90. The van der Waals surface area contributed by atoms with E-state index in [0.29, 0.717) is 21.9 Å². The summed E-state index contributed by atoms with van der Waals surface area (Å²) in [6.45, 7) is 0. The number of aromatic nitrogens is 1. The van der Waals surface area contributed by atoms with Gasteiger partial charge in [0.15, 0.2) is 0 Å². The largest absolute Gasteiger partial charge is 0.417 e. The standard InChI is InChI=1S/C21H16ClF3N4O2S2/c1-28(12-30)13-3-5-18(19(11-13)32-15-6-8-27-9-7-15)33-29(20(26)31)14-2-4-17(22)16(10-14)21(23,24)25/h2-12H,1H3,(H2,26,31). The van der Waals surface area contributed by atoms with Crippen LogP contribution < -0.4 is 14.9 Å². The Morgan fingerprint density at radius 1 is 1.06 bits per heavy atom. The Balaban J connectivity index is 2.03. The van der Waals surface area contributed by atoms with E-state index in [1.807, 2.05) is 0 Å². The lowest BCUT2D eigenvalue weighted by atomic mass is 10.2. The van der Waals surface area contributed by atoms with E-state index in [2.05, 4.69) is 4.98 Å². The molecule has 2 aromatic carbocycles. The topological polar surface area (TPSA) is 79.5 Å². The molecule has 33 heavy (non-hydrogen) atoms. The fraction of sp³-hybridized carbons (Fsp3) is 0.0952. The van der Waals surface area contributed by atoms with Crippen LogP contribution in [0.25, 0.3) is 0 Å². The molecule has 0 radical (unpaired) electrons. The highest BCUT2D eigenvalue weighted by atomic mass is 35.5. The van der Waals surface area contributed by atoms with Gasteiger partial charge >= 0.3 is 12.2 Å². The zero-order valence-corrected chi connectivity index (χ0v) is 19.3. The van der Waals surface area contributed by atoms with Gasteiger partial charge in [0.2, 0.25) is 6.41 Å². The highest BCUT2D eigenvalue weighted by Crippen LogP contribution is 2.42. The third kappa shape index (κ3) is 6.12. The van der Waals surface area contributed by atoms with Gasteiger partial charge in [-0.2, -0.15) is 13.2 Å². The number of carbonyl (C=O) groups is 2. The van der Waals surface area contributed by atoms with Crippen molar-refractivity contribution in [1.29, 1.82) is 0 Å². The van der Waals surface area contributed by atoms with Gasteiger partial charge in [0, 0.05) is 39.8 Å². The van der Waals surface area contributed by atoms with E-state index in [4.69, 9.17) is 17.3 Å². The normalized spacial score (nSPS) is 11.2. The summed E-state index contributed by atoms with van der Waals surface area (Å²) in [6.07, 6.45) is -0.840. The Bertz CT molecular complexity index is 1170. The first kappa shape index (κ1) is 24.7. The molecule has 6 nitrogen and oxygen atoms in total. The maximum atomic E-state index is 13.3. The number of rotatable bonds is 7. The van der Waals surface area contributed by atoms with E-state index in [1.54, 1.807) is 49.8 Å². The maximum Gasteiger partial charge on any atom is 0.417 e. The smallest absolute Gasteiger partial charge is 0.350 e. The van der Waals surface area contributed by atoms with Crippen LogP contribution in [-0.4, -0.2) is 24.5 Å². The Kier molecular flexibility index (Phi) is 7.77. The molecule has 3 rings (SSSR count). The summed E-state index contributed by atoms with van der Waals surface area (Å²) in [4.78, 5) is 30.7. The zero-order chi connectivity index (χ0) is 24.2. The average Bonchev–Trinajstić information content (AvgIpc) is 2.78. The van der Waals surface area contributed by atoms with Crippen molar-refractivity contribution in [2.24, 2.45) is 5.73 Å². The van der Waals surface area contributed by atoms with Gasteiger partial charge in [-0.05, 0) is 60.5 Å². The number of benzene rings is 2. The van der Waals surface area contributed by atoms with Crippen LogP contribution in [0.3, 0.4) is 0 Å². The van der Waals surface area contributed by atoms with E-state index in [9.17, 15) is 22.8 Å². The second kappa shape index (κ2) is 10.4. The predicted molar refractivity (Wildman–Crippen MR) is 124 cm³/mol. The predicted octanol–water partition coefficient (Wildman–Crippen LogP) is 6.09. The van der Waals surface area contributed by atoms with Crippen molar-refractivity contribution < 1.29 is 22.8 Å². The van der Waals surface area contributed by atoms with Crippen LogP contribution in [0.2, 0.25) is 5.02 Å². The van der Waals surface area contributed by atoms with Gasteiger partial charge in [-0.15, -0.1) is 0 Å². The summed E-state index contributed by atoms with van der Waals surface area (Å²) < 4.78 is 40.9. The Morgan fingerprint density at radius 3 is 2.33 bits per heavy atom. The number of pyridine rings is 1. The second-order valence-corrected chi connectivity index (χ2v) is 9.03. The fourth-order valence-corrected chi connectivity index (χ4v) is 4.75. The molecule has 0 saturated carbocycles. The number of anilines is 2. The van der Waals surface area contributed by atoms with Crippen LogP contribution in [0.4, 0.5) is 29.3 Å². The average molecular weight is 513 g/mol. The molecule has 0 spiro atoms. The number of nitrogens with two attached hydrogens (primary N) is 1. The lowest BCUT2D eigenvalue weighted by molar-refractivity contribution is -0.137. The fourth-order valence-electron chi connectivity index (χ4n) is 2.65. The van der Waals surface area contributed by atoms with Crippen LogP contribution in [0.15, 0.2) is 75.6 Å². The van der Waals surface area contributed by atoms with Crippen molar-refractivity contribution in [2.75, 3.05) is 16.3 Å². The molecule has 0 aliphatic rings. The lowest BCUT2D eigenvalue weighted by Crippen LogP contribution is -2.30. The molecule has 0 bridgehead atoms. The molecule has 0 atom stereocenters. The molecule has 0 saturated heterocycles. The number of carbonyl (C=O) groups excluding carboxylic acids is 2. The minimum absolute atomic E-state index is 0.0850. The molecule has 12 heteroatoms. The number of primary amides is 1. The van der Waals surface area contributed by atoms with Crippen molar-refractivity contribution in [3.05, 3.63) is 71.5 Å². The first-order chi connectivity index (χ1) is 15.6. The molecule has 0 unspecified atom stereocenters. The van der Waals surface area contributed by atoms with E-state index < -0.39 is 22.8 Å². The van der Waals surface area contributed by atoms with Crippen LogP contribution in [-0.2, 0) is 11.0 Å². The minimum atomic E-state index is -4.70. The first-order valence-electron chi connectivity index (χ1n) is 9.14. The van der Waals surface area contributed by atoms with Crippen molar-refractivity contribution in [1.82, 2.24) is 4.98 Å². The second-order valence-electron chi connectivity index (χ2n) is 6.52. The summed E-state index contributed by atoms with van der Waals surface area (Å²) in [5, 5.41) is -0.490. The molecule has 3 amide bonds.